The zero-order valence-electron chi connectivity index (χ0n) is 19.0. The summed E-state index contributed by atoms with van der Waals surface area (Å²) in [5.74, 6) is 0.150. The standard InChI is InChI=1S/C16H16B2N6S.C3H6F2.C2H6/c1-9-7-10(3-4-12(9)22-20-2)11-5-6-24-14(11)13(8-16(17,18)25)21-15(19)23-24;1-2-3(4)5;1-2/h3-7,25H,8H2,1-2H3,(H2,19,23);3H,2H2,1H3;1-2H3. The van der Waals surface area contributed by atoms with Crippen LogP contribution in [0.1, 0.15) is 38.4 Å². The zero-order chi connectivity index (χ0) is 24.5. The van der Waals surface area contributed by atoms with Crippen LogP contribution in [0, 0.1) is 6.92 Å². The van der Waals surface area contributed by atoms with Gasteiger partial charge in [0.25, 0.3) is 0 Å². The van der Waals surface area contributed by atoms with Gasteiger partial charge in [-0.25, -0.2) is 18.3 Å². The molecule has 3 rings (SSSR count). The minimum absolute atomic E-state index is 0.0278. The van der Waals surface area contributed by atoms with Gasteiger partial charge in [-0.15, -0.1) is 5.10 Å². The van der Waals surface area contributed by atoms with Gasteiger partial charge in [-0.1, -0.05) is 31.4 Å². The van der Waals surface area contributed by atoms with E-state index in [1.807, 2.05) is 51.2 Å². The van der Waals surface area contributed by atoms with E-state index < -0.39 is 11.0 Å². The molecule has 2 N–H and O–H groups in total. The number of thiol groups is 1. The Hall–Kier alpha value is -2.42. The highest BCUT2D eigenvalue weighted by atomic mass is 32.1. The molecule has 0 unspecified atom stereocenters. The van der Waals surface area contributed by atoms with Crippen molar-refractivity contribution in [1.29, 1.82) is 0 Å². The van der Waals surface area contributed by atoms with Gasteiger partial charge in [0.05, 0.1) is 32.6 Å². The SMILES string of the molecule is CC.CCC(F)F.[B]C([B])(S)Cc1nc(N)nn2ccc(-c3ccc(N=NC)c(C)c3)c12. The van der Waals surface area contributed by atoms with Crippen molar-refractivity contribution in [2.75, 3.05) is 12.8 Å². The molecule has 0 saturated carbocycles. The number of benzene rings is 1. The Bertz CT molecular complexity index is 1040. The van der Waals surface area contributed by atoms with Gasteiger partial charge in [0.15, 0.2) is 0 Å². The maximum absolute atomic E-state index is 10.8. The number of anilines is 1. The van der Waals surface area contributed by atoms with Crippen molar-refractivity contribution in [3.63, 3.8) is 0 Å². The third-order valence-corrected chi connectivity index (χ3v) is 4.23. The van der Waals surface area contributed by atoms with Gasteiger partial charge in [-0.05, 0) is 42.7 Å². The molecule has 2 aromatic heterocycles. The number of fused-ring (bicyclic) bond motifs is 1. The van der Waals surface area contributed by atoms with E-state index in [9.17, 15) is 8.78 Å². The molecule has 0 aliphatic rings. The molecule has 0 bridgehead atoms. The molecule has 6 nitrogen and oxygen atoms in total. The van der Waals surface area contributed by atoms with Crippen LogP contribution < -0.4 is 5.73 Å². The normalized spacial score (nSPS) is 11.3. The van der Waals surface area contributed by atoms with Gasteiger partial charge in [0.2, 0.25) is 12.4 Å². The summed E-state index contributed by atoms with van der Waals surface area (Å²) in [7, 11) is 13.3. The van der Waals surface area contributed by atoms with Crippen LogP contribution in [0.15, 0.2) is 40.7 Å². The Morgan fingerprint density at radius 3 is 2.38 bits per heavy atom. The summed E-state index contributed by atoms with van der Waals surface area (Å²) in [6.07, 6.45) is -0.0752. The molecule has 0 aliphatic heterocycles. The molecule has 3 aromatic rings. The van der Waals surface area contributed by atoms with E-state index in [1.54, 1.807) is 11.6 Å². The molecule has 0 fully saturated rings. The van der Waals surface area contributed by atoms with Crippen molar-refractivity contribution in [3.8, 4) is 11.1 Å². The highest BCUT2D eigenvalue weighted by Crippen LogP contribution is 2.32. The minimum atomic E-state index is -2.12. The van der Waals surface area contributed by atoms with E-state index in [4.69, 9.17) is 21.4 Å². The zero-order valence-corrected chi connectivity index (χ0v) is 19.9. The first-order chi connectivity index (χ1) is 15.1. The molecule has 4 radical (unpaired) electrons. The first kappa shape index (κ1) is 27.6. The number of halogens is 2. The van der Waals surface area contributed by atoms with E-state index >= 15 is 0 Å². The second-order valence-corrected chi connectivity index (χ2v) is 7.54. The van der Waals surface area contributed by atoms with Crippen molar-refractivity contribution < 1.29 is 8.78 Å². The van der Waals surface area contributed by atoms with Gasteiger partial charge in [-0.3, -0.25) is 0 Å². The number of hydrogen-bond acceptors (Lipinski definition) is 6. The van der Waals surface area contributed by atoms with Crippen LogP contribution in [0.2, 0.25) is 0 Å². The average Bonchev–Trinajstić information content (AvgIpc) is 3.14. The van der Waals surface area contributed by atoms with Crippen LogP contribution >= 0.6 is 12.6 Å². The van der Waals surface area contributed by atoms with Crippen LogP contribution in [-0.4, -0.2) is 48.3 Å². The molecule has 32 heavy (non-hydrogen) atoms. The number of nitrogen functional groups attached to an aromatic ring is 1. The van der Waals surface area contributed by atoms with Crippen LogP contribution in [0.25, 0.3) is 16.6 Å². The molecule has 11 heteroatoms. The highest BCUT2D eigenvalue weighted by molar-refractivity contribution is 7.84. The molecule has 168 valence electrons. The number of nitrogens with two attached hydrogens (primary N) is 1. The van der Waals surface area contributed by atoms with E-state index in [2.05, 4.69) is 32.9 Å². The monoisotopic (exact) mass is 456 g/mol. The molecular weight excluding hydrogens is 428 g/mol. The van der Waals surface area contributed by atoms with Crippen molar-refractivity contribution in [3.05, 3.63) is 41.7 Å². The second kappa shape index (κ2) is 12.6. The summed E-state index contributed by atoms with van der Waals surface area (Å²) >= 11 is 4.20. The lowest BCUT2D eigenvalue weighted by molar-refractivity contribution is 0.144. The van der Waals surface area contributed by atoms with Crippen LogP contribution in [0.3, 0.4) is 0 Å². The fourth-order valence-corrected chi connectivity index (χ4v) is 2.93. The molecular formula is C21H28B2F2N6S. The van der Waals surface area contributed by atoms with Crippen molar-refractivity contribution in [2.45, 2.75) is 51.5 Å². The highest BCUT2D eigenvalue weighted by Gasteiger charge is 2.19. The Balaban J connectivity index is 0.000000646. The number of alkyl halides is 2. The smallest absolute Gasteiger partial charge is 0.238 e. The Morgan fingerprint density at radius 1 is 1.25 bits per heavy atom. The predicted molar refractivity (Wildman–Crippen MR) is 133 cm³/mol. The molecule has 1 aromatic carbocycles. The molecule has 0 amide bonds. The van der Waals surface area contributed by atoms with Crippen molar-refractivity contribution >= 4 is 45.5 Å². The van der Waals surface area contributed by atoms with Gasteiger partial charge in [0, 0.05) is 25.2 Å². The van der Waals surface area contributed by atoms with Gasteiger partial charge in [-0.2, -0.15) is 22.9 Å². The predicted octanol–water partition coefficient (Wildman–Crippen LogP) is 5.15. The maximum Gasteiger partial charge on any atom is 0.238 e. The van der Waals surface area contributed by atoms with Gasteiger partial charge < -0.3 is 5.73 Å². The van der Waals surface area contributed by atoms with Crippen LogP contribution in [-0.2, 0) is 6.42 Å². The first-order valence-electron chi connectivity index (χ1n) is 10.2. The van der Waals surface area contributed by atoms with Crippen LogP contribution in [0.4, 0.5) is 20.4 Å². The van der Waals surface area contributed by atoms with Crippen molar-refractivity contribution in [1.82, 2.24) is 14.6 Å². The number of aromatic nitrogens is 3. The fourth-order valence-electron chi connectivity index (χ4n) is 2.78. The third-order valence-electron chi connectivity index (χ3n) is 4.07. The molecule has 0 aliphatic carbocycles. The Kier molecular flexibility index (Phi) is 10.9. The lowest BCUT2D eigenvalue weighted by Crippen LogP contribution is -2.26. The summed E-state index contributed by atoms with van der Waals surface area (Å²) in [4.78, 5) is 4.32. The second-order valence-electron chi connectivity index (χ2n) is 6.71. The number of azo groups is 1. The van der Waals surface area contributed by atoms with Gasteiger partial charge in [0.1, 0.15) is 0 Å². The third kappa shape index (κ3) is 7.93. The number of aryl methyl sites for hydroxylation is 1. The maximum atomic E-state index is 10.8. The molecule has 0 saturated heterocycles. The summed E-state index contributed by atoms with van der Waals surface area (Å²) in [5, 5.41) is 12.2. The quantitative estimate of drug-likeness (QED) is 0.317. The number of nitrogens with zero attached hydrogens (tertiary/aromatic N) is 5. The van der Waals surface area contributed by atoms with Gasteiger partial charge >= 0.3 is 0 Å². The van der Waals surface area contributed by atoms with E-state index in [1.165, 1.54) is 6.92 Å². The lowest BCUT2D eigenvalue weighted by Gasteiger charge is -2.18. The Labute approximate surface area is 196 Å². The lowest BCUT2D eigenvalue weighted by atomic mass is 9.67. The molecule has 0 atom stereocenters. The summed E-state index contributed by atoms with van der Waals surface area (Å²) in [6, 6.07) is 7.90. The number of rotatable bonds is 5. The largest absolute Gasteiger partial charge is 0.367 e. The summed E-state index contributed by atoms with van der Waals surface area (Å²) in [6.45, 7) is 7.43. The fraction of sp³-hybridized carbons (Fsp3) is 0.429. The topological polar surface area (TPSA) is 80.9 Å². The Morgan fingerprint density at radius 2 is 1.88 bits per heavy atom. The molecule has 2 heterocycles. The molecule has 0 spiro atoms. The van der Waals surface area contributed by atoms with E-state index in [-0.39, 0.29) is 18.8 Å². The minimum Gasteiger partial charge on any atom is -0.367 e. The summed E-state index contributed by atoms with van der Waals surface area (Å²) in [5.41, 5.74) is 11.0. The first-order valence-corrected chi connectivity index (χ1v) is 10.6. The van der Waals surface area contributed by atoms with Crippen molar-refractivity contribution in [2.24, 2.45) is 10.2 Å². The average molecular weight is 456 g/mol. The van der Waals surface area contributed by atoms with E-state index in [0.717, 1.165) is 27.9 Å². The number of hydrogen-bond donors (Lipinski definition) is 2. The van der Waals surface area contributed by atoms with Crippen LogP contribution in [0.5, 0.6) is 0 Å². The van der Waals surface area contributed by atoms with E-state index in [0.29, 0.717) is 5.69 Å². The summed E-state index contributed by atoms with van der Waals surface area (Å²) < 4.78 is 22.0.